The maximum absolute atomic E-state index is 12.0. The molecule has 0 aromatic heterocycles. The molecule has 1 heterocycles. The number of amides is 1. The molecular formula is C13H22N2O. The van der Waals surface area contributed by atoms with Gasteiger partial charge in [0.25, 0.3) is 0 Å². The molecule has 3 nitrogen and oxygen atoms in total. The molecule has 0 aromatic rings. The van der Waals surface area contributed by atoms with Crippen molar-refractivity contribution < 1.29 is 4.79 Å². The lowest BCUT2D eigenvalue weighted by molar-refractivity contribution is -0.133. The summed E-state index contributed by atoms with van der Waals surface area (Å²) in [5.41, 5.74) is 0. The topological polar surface area (TPSA) is 23.6 Å². The van der Waals surface area contributed by atoms with Crippen LogP contribution in [0, 0.1) is 0 Å². The fraction of sp³-hybridized carbons (Fsp3) is 0.615. The van der Waals surface area contributed by atoms with Crippen LogP contribution < -0.4 is 0 Å². The first-order valence-corrected chi connectivity index (χ1v) is 5.86. The molecule has 16 heavy (non-hydrogen) atoms. The van der Waals surface area contributed by atoms with E-state index in [0.717, 1.165) is 13.1 Å². The van der Waals surface area contributed by atoms with Crippen molar-refractivity contribution in [1.29, 1.82) is 0 Å². The van der Waals surface area contributed by atoms with Crippen LogP contribution in [0.15, 0.2) is 24.3 Å². The maximum atomic E-state index is 12.0. The van der Waals surface area contributed by atoms with Crippen LogP contribution in [0.2, 0.25) is 0 Å². The van der Waals surface area contributed by atoms with Crippen molar-refractivity contribution in [1.82, 2.24) is 9.80 Å². The van der Waals surface area contributed by atoms with Gasteiger partial charge in [-0.05, 0) is 27.8 Å². The molecule has 0 bridgehead atoms. The molecule has 0 aromatic carbocycles. The highest BCUT2D eigenvalue weighted by Crippen LogP contribution is 2.14. The molecule has 0 spiro atoms. The molecule has 1 saturated heterocycles. The van der Waals surface area contributed by atoms with E-state index in [4.69, 9.17) is 0 Å². The summed E-state index contributed by atoms with van der Waals surface area (Å²) in [6, 6.07) is 0.577. The maximum Gasteiger partial charge on any atom is 0.247 e. The second-order valence-electron chi connectivity index (χ2n) is 4.55. The Morgan fingerprint density at radius 2 is 1.75 bits per heavy atom. The average Bonchev–Trinajstić information content (AvgIpc) is 2.16. The lowest BCUT2D eigenvalue weighted by atomic mass is 10.1. The van der Waals surface area contributed by atoms with Crippen LogP contribution in [-0.2, 0) is 4.79 Å². The zero-order valence-electron chi connectivity index (χ0n) is 10.7. The van der Waals surface area contributed by atoms with Crippen molar-refractivity contribution in [3.05, 3.63) is 24.3 Å². The summed E-state index contributed by atoms with van der Waals surface area (Å²) in [6.07, 6.45) is 7.25. The van der Waals surface area contributed by atoms with Crippen molar-refractivity contribution in [3.63, 3.8) is 0 Å². The molecule has 1 aliphatic rings. The molecule has 0 N–H and O–H groups in total. The van der Waals surface area contributed by atoms with E-state index in [9.17, 15) is 4.79 Å². The largest absolute Gasteiger partial charge is 0.331 e. The van der Waals surface area contributed by atoms with Gasteiger partial charge in [-0.1, -0.05) is 18.2 Å². The summed E-state index contributed by atoms with van der Waals surface area (Å²) in [7, 11) is 2.10. The van der Waals surface area contributed by atoms with Crippen LogP contribution in [0.25, 0.3) is 0 Å². The third-order valence-corrected chi connectivity index (χ3v) is 2.90. The number of hydrogen-bond acceptors (Lipinski definition) is 2. The van der Waals surface area contributed by atoms with E-state index in [0.29, 0.717) is 0 Å². The molecule has 1 amide bonds. The molecule has 0 radical (unpaired) electrons. The van der Waals surface area contributed by atoms with Gasteiger partial charge in [-0.2, -0.15) is 0 Å². The summed E-state index contributed by atoms with van der Waals surface area (Å²) in [5.74, 6) is 0.117. The van der Waals surface area contributed by atoms with E-state index in [1.54, 1.807) is 12.2 Å². The molecule has 2 atom stereocenters. The van der Waals surface area contributed by atoms with Crippen LogP contribution in [0.4, 0.5) is 0 Å². The molecule has 2 unspecified atom stereocenters. The number of allylic oxidation sites excluding steroid dienone is 3. The van der Waals surface area contributed by atoms with Crippen LogP contribution >= 0.6 is 0 Å². The van der Waals surface area contributed by atoms with Crippen molar-refractivity contribution in [3.8, 4) is 0 Å². The smallest absolute Gasteiger partial charge is 0.247 e. The SMILES string of the molecule is C/C=C/C=C/C(=O)N1C(C)CN(C)CC1C. The summed E-state index contributed by atoms with van der Waals surface area (Å²) in [4.78, 5) is 16.2. The number of nitrogens with zero attached hydrogens (tertiary/aromatic N) is 2. The predicted octanol–water partition coefficient (Wildman–Crippen LogP) is 1.67. The van der Waals surface area contributed by atoms with Gasteiger partial charge < -0.3 is 9.80 Å². The fourth-order valence-electron chi connectivity index (χ4n) is 2.36. The quantitative estimate of drug-likeness (QED) is 0.524. The molecule has 1 aliphatic heterocycles. The second kappa shape index (κ2) is 5.85. The van der Waals surface area contributed by atoms with Crippen LogP contribution in [-0.4, -0.2) is 47.9 Å². The molecule has 0 saturated carbocycles. The van der Waals surface area contributed by atoms with Crippen molar-refractivity contribution >= 4 is 5.91 Å². The van der Waals surface area contributed by atoms with Gasteiger partial charge >= 0.3 is 0 Å². The van der Waals surface area contributed by atoms with Gasteiger partial charge in [0, 0.05) is 31.2 Å². The standard InChI is InChI=1S/C13H22N2O/c1-5-6-7-8-13(16)15-11(2)9-14(4)10-12(15)3/h5-8,11-12H,9-10H2,1-4H3/b6-5+,8-7+. The van der Waals surface area contributed by atoms with Gasteiger partial charge in [0.15, 0.2) is 0 Å². The Kier molecular flexibility index (Phi) is 4.74. The molecule has 1 rings (SSSR count). The Bertz CT molecular complexity index is 284. The van der Waals surface area contributed by atoms with Crippen molar-refractivity contribution in [2.75, 3.05) is 20.1 Å². The van der Waals surface area contributed by atoms with Gasteiger partial charge in [-0.15, -0.1) is 0 Å². The number of carbonyl (C=O) groups is 1. The summed E-state index contributed by atoms with van der Waals surface area (Å²) in [6.45, 7) is 8.05. The third kappa shape index (κ3) is 3.20. The van der Waals surface area contributed by atoms with E-state index in [1.165, 1.54) is 0 Å². The minimum Gasteiger partial charge on any atom is -0.331 e. The monoisotopic (exact) mass is 222 g/mol. The Morgan fingerprint density at radius 1 is 1.19 bits per heavy atom. The van der Waals surface area contributed by atoms with E-state index < -0.39 is 0 Å². The van der Waals surface area contributed by atoms with Crippen molar-refractivity contribution in [2.45, 2.75) is 32.9 Å². The molecular weight excluding hydrogens is 200 g/mol. The minimum atomic E-state index is 0.117. The van der Waals surface area contributed by atoms with Gasteiger partial charge in [0.1, 0.15) is 0 Å². The zero-order chi connectivity index (χ0) is 12.1. The first-order chi connectivity index (χ1) is 7.56. The molecule has 1 fully saturated rings. The normalized spacial score (nSPS) is 28.1. The summed E-state index contributed by atoms with van der Waals surface area (Å²) >= 11 is 0. The lowest BCUT2D eigenvalue weighted by Gasteiger charge is -2.42. The van der Waals surface area contributed by atoms with E-state index in [1.807, 2.05) is 24.0 Å². The molecule has 90 valence electrons. The average molecular weight is 222 g/mol. The Labute approximate surface area is 98.4 Å². The highest BCUT2D eigenvalue weighted by atomic mass is 16.2. The van der Waals surface area contributed by atoms with E-state index in [2.05, 4.69) is 25.8 Å². The molecule has 3 heteroatoms. The number of hydrogen-bond donors (Lipinski definition) is 0. The third-order valence-electron chi connectivity index (χ3n) is 2.90. The Hall–Kier alpha value is -1.09. The van der Waals surface area contributed by atoms with Crippen LogP contribution in [0.3, 0.4) is 0 Å². The number of piperazine rings is 1. The number of likely N-dealkylation sites (N-methyl/N-ethyl adjacent to an activating group) is 1. The van der Waals surface area contributed by atoms with Crippen LogP contribution in [0.5, 0.6) is 0 Å². The van der Waals surface area contributed by atoms with E-state index in [-0.39, 0.29) is 18.0 Å². The van der Waals surface area contributed by atoms with Gasteiger partial charge in [-0.25, -0.2) is 0 Å². The summed E-state index contributed by atoms with van der Waals surface area (Å²) in [5, 5.41) is 0. The summed E-state index contributed by atoms with van der Waals surface area (Å²) < 4.78 is 0. The predicted molar refractivity (Wildman–Crippen MR) is 67.2 cm³/mol. The van der Waals surface area contributed by atoms with Gasteiger partial charge in [0.05, 0.1) is 0 Å². The van der Waals surface area contributed by atoms with E-state index >= 15 is 0 Å². The highest BCUT2D eigenvalue weighted by Gasteiger charge is 2.29. The highest BCUT2D eigenvalue weighted by molar-refractivity contribution is 5.88. The van der Waals surface area contributed by atoms with Gasteiger partial charge in [0.2, 0.25) is 5.91 Å². The Balaban J connectivity index is 2.67. The van der Waals surface area contributed by atoms with Crippen molar-refractivity contribution in [2.24, 2.45) is 0 Å². The lowest BCUT2D eigenvalue weighted by Crippen LogP contribution is -2.57. The first-order valence-electron chi connectivity index (χ1n) is 5.86. The fourth-order valence-corrected chi connectivity index (χ4v) is 2.36. The first kappa shape index (κ1) is 13.0. The van der Waals surface area contributed by atoms with Crippen LogP contribution in [0.1, 0.15) is 20.8 Å². The molecule has 0 aliphatic carbocycles. The zero-order valence-corrected chi connectivity index (χ0v) is 10.7. The number of rotatable bonds is 2. The second-order valence-corrected chi connectivity index (χ2v) is 4.55. The minimum absolute atomic E-state index is 0.117. The number of carbonyl (C=O) groups excluding carboxylic acids is 1. The van der Waals surface area contributed by atoms with Gasteiger partial charge in [-0.3, -0.25) is 4.79 Å². The Morgan fingerprint density at radius 3 is 2.25 bits per heavy atom.